The molecule has 170 valence electrons. The molecule has 2 aromatic carbocycles. The van der Waals surface area contributed by atoms with Gasteiger partial charge in [-0.3, -0.25) is 9.59 Å². The lowest BCUT2D eigenvalue weighted by atomic mass is 10.1. The highest BCUT2D eigenvalue weighted by Gasteiger charge is 2.19. The molecule has 0 saturated heterocycles. The minimum atomic E-state index is -0.412. The van der Waals surface area contributed by atoms with E-state index in [2.05, 4.69) is 59.9 Å². The third-order valence-electron chi connectivity index (χ3n) is 4.67. The molecule has 32 heavy (non-hydrogen) atoms. The smallest absolute Gasteiger partial charge is 0.236 e. The van der Waals surface area contributed by atoms with E-state index in [0.717, 1.165) is 30.0 Å². The van der Waals surface area contributed by atoms with Gasteiger partial charge in [0.1, 0.15) is 12.3 Å². The Morgan fingerprint density at radius 3 is 1.94 bits per heavy atom. The van der Waals surface area contributed by atoms with Crippen LogP contribution in [-0.4, -0.2) is 37.4 Å². The van der Waals surface area contributed by atoms with Gasteiger partial charge in [-0.05, 0) is 56.6 Å². The molecule has 0 radical (unpaired) electrons. The first kappa shape index (κ1) is 26.8. The van der Waals surface area contributed by atoms with Gasteiger partial charge in [-0.2, -0.15) is 0 Å². The van der Waals surface area contributed by atoms with E-state index >= 15 is 0 Å². The van der Waals surface area contributed by atoms with Crippen LogP contribution < -0.4 is 22.1 Å². The summed E-state index contributed by atoms with van der Waals surface area (Å²) in [6, 6.07) is 15.7. The summed E-state index contributed by atoms with van der Waals surface area (Å²) in [6.07, 6.45) is 3.46. The quantitative estimate of drug-likeness (QED) is 0.304. The minimum absolute atomic E-state index is 0.229. The zero-order valence-electron chi connectivity index (χ0n) is 18.9. The topological polar surface area (TPSA) is 110 Å². The predicted molar refractivity (Wildman–Crippen MR) is 131 cm³/mol. The molecule has 1 amide bonds. The molecular formula is C26H34N4O2. The van der Waals surface area contributed by atoms with Crippen molar-refractivity contribution in [1.82, 2.24) is 10.6 Å². The molecule has 0 bridgehead atoms. The standard InChI is InChI=1S/C19H17NO.C5H13N3O.C2H4/c21-14-18-9-5-16(6-10-18)2-1-15-3-7-17(8-4-15)13-20-19-11-12-19;1-3(6)4(8-2)5(7)9;1-2/h3-10,14,19-20H,11-13H2;3-4,8H,6H2,1-2H3,(H2,7,9);1-2H2. The first-order valence-corrected chi connectivity index (χ1v) is 10.5. The van der Waals surface area contributed by atoms with Gasteiger partial charge in [0, 0.05) is 35.3 Å². The summed E-state index contributed by atoms with van der Waals surface area (Å²) < 4.78 is 0. The molecule has 3 rings (SSSR count). The van der Waals surface area contributed by atoms with Gasteiger partial charge in [0.25, 0.3) is 0 Å². The highest BCUT2D eigenvalue weighted by molar-refractivity contribution is 5.80. The first-order valence-electron chi connectivity index (χ1n) is 10.5. The van der Waals surface area contributed by atoms with Crippen LogP contribution in [0.3, 0.4) is 0 Å². The highest BCUT2D eigenvalue weighted by atomic mass is 16.1. The van der Waals surface area contributed by atoms with Crippen molar-refractivity contribution < 1.29 is 9.59 Å². The number of amides is 1. The van der Waals surface area contributed by atoms with Gasteiger partial charge in [0.2, 0.25) is 5.91 Å². The Bertz CT molecular complexity index is 892. The van der Waals surface area contributed by atoms with Crippen molar-refractivity contribution in [2.24, 2.45) is 11.5 Å². The van der Waals surface area contributed by atoms with Crippen molar-refractivity contribution in [3.8, 4) is 11.8 Å². The number of hydrogen-bond donors (Lipinski definition) is 4. The van der Waals surface area contributed by atoms with E-state index < -0.39 is 11.9 Å². The van der Waals surface area contributed by atoms with Crippen molar-refractivity contribution in [3.63, 3.8) is 0 Å². The van der Waals surface area contributed by atoms with E-state index in [1.807, 2.05) is 12.1 Å². The number of carbonyl (C=O) groups is 2. The lowest BCUT2D eigenvalue weighted by Gasteiger charge is -2.14. The second kappa shape index (κ2) is 14.7. The normalized spacial score (nSPS) is 13.6. The number of nitrogens with two attached hydrogens (primary N) is 2. The summed E-state index contributed by atoms with van der Waals surface area (Å²) in [6.45, 7) is 8.66. The molecule has 0 heterocycles. The number of nitrogens with one attached hydrogen (secondary N) is 2. The largest absolute Gasteiger partial charge is 0.368 e. The Balaban J connectivity index is 0.000000396. The van der Waals surface area contributed by atoms with Gasteiger partial charge in [-0.25, -0.2) is 0 Å². The van der Waals surface area contributed by atoms with E-state index in [9.17, 15) is 9.59 Å². The average Bonchev–Trinajstić information content (AvgIpc) is 3.64. The van der Waals surface area contributed by atoms with E-state index in [1.165, 1.54) is 18.4 Å². The predicted octanol–water partition coefficient (Wildman–Crippen LogP) is 2.36. The molecule has 1 aliphatic carbocycles. The molecule has 2 aromatic rings. The first-order chi connectivity index (χ1) is 15.4. The van der Waals surface area contributed by atoms with Crippen LogP contribution in [0.25, 0.3) is 0 Å². The lowest BCUT2D eigenvalue weighted by molar-refractivity contribution is -0.120. The van der Waals surface area contributed by atoms with Gasteiger partial charge >= 0.3 is 0 Å². The molecule has 0 aliphatic heterocycles. The minimum Gasteiger partial charge on any atom is -0.368 e. The molecule has 6 heteroatoms. The number of carbonyl (C=O) groups excluding carboxylic acids is 2. The molecule has 0 spiro atoms. The number of rotatable bonds is 7. The van der Waals surface area contributed by atoms with Crippen LogP contribution in [0, 0.1) is 11.8 Å². The van der Waals surface area contributed by atoms with Crippen LogP contribution in [0.4, 0.5) is 0 Å². The maximum Gasteiger partial charge on any atom is 0.236 e. The van der Waals surface area contributed by atoms with Crippen molar-refractivity contribution in [2.45, 2.75) is 44.4 Å². The van der Waals surface area contributed by atoms with Crippen LogP contribution in [0.5, 0.6) is 0 Å². The maximum absolute atomic E-state index is 10.6. The summed E-state index contributed by atoms with van der Waals surface area (Å²) >= 11 is 0. The summed E-state index contributed by atoms with van der Waals surface area (Å²) in [5.74, 6) is 5.84. The van der Waals surface area contributed by atoms with Crippen LogP contribution in [0.2, 0.25) is 0 Å². The maximum atomic E-state index is 10.6. The third-order valence-corrected chi connectivity index (χ3v) is 4.67. The van der Waals surface area contributed by atoms with Crippen LogP contribution >= 0.6 is 0 Å². The van der Waals surface area contributed by atoms with Gasteiger partial charge in [-0.15, -0.1) is 13.2 Å². The Kier molecular flexibility index (Phi) is 12.3. The SMILES string of the molecule is C=C.CNC(C(N)=O)C(C)N.O=Cc1ccc(C#Cc2ccc(CNC3CC3)cc2)cc1. The number of primary amides is 1. The van der Waals surface area contributed by atoms with Crippen LogP contribution in [-0.2, 0) is 11.3 Å². The zero-order chi connectivity index (χ0) is 23.9. The number of aldehydes is 1. The molecule has 2 unspecified atom stereocenters. The highest BCUT2D eigenvalue weighted by Crippen LogP contribution is 2.19. The molecule has 6 N–H and O–H groups in total. The average molecular weight is 435 g/mol. The van der Waals surface area contributed by atoms with Crippen molar-refractivity contribution in [2.75, 3.05) is 7.05 Å². The molecular weight excluding hydrogens is 400 g/mol. The molecule has 6 nitrogen and oxygen atoms in total. The van der Waals surface area contributed by atoms with Gasteiger partial charge in [0.15, 0.2) is 0 Å². The molecule has 1 saturated carbocycles. The summed E-state index contributed by atoms with van der Waals surface area (Å²) in [7, 11) is 1.65. The van der Waals surface area contributed by atoms with Crippen LogP contribution in [0.15, 0.2) is 61.7 Å². The van der Waals surface area contributed by atoms with Gasteiger partial charge in [-0.1, -0.05) is 36.1 Å². The lowest BCUT2D eigenvalue weighted by Crippen LogP contribution is -2.50. The second-order valence-corrected chi connectivity index (χ2v) is 7.37. The number of benzene rings is 2. The molecule has 2 atom stereocenters. The Hall–Kier alpha value is -3.24. The fourth-order valence-electron chi connectivity index (χ4n) is 2.71. The van der Waals surface area contributed by atoms with E-state index in [0.29, 0.717) is 5.56 Å². The molecule has 1 fully saturated rings. The Labute approximate surface area is 191 Å². The van der Waals surface area contributed by atoms with Crippen molar-refractivity contribution in [1.29, 1.82) is 0 Å². The monoisotopic (exact) mass is 434 g/mol. The number of likely N-dealkylation sites (N-methyl/N-ethyl adjacent to an activating group) is 1. The summed E-state index contributed by atoms with van der Waals surface area (Å²) in [5, 5.41) is 6.20. The fraction of sp³-hybridized carbons (Fsp3) is 0.308. The van der Waals surface area contributed by atoms with E-state index in [4.69, 9.17) is 11.5 Å². The summed E-state index contributed by atoms with van der Waals surface area (Å²) in [5.41, 5.74) is 14.2. The van der Waals surface area contributed by atoms with E-state index in [-0.39, 0.29) is 6.04 Å². The molecule has 0 aromatic heterocycles. The Morgan fingerprint density at radius 1 is 1.09 bits per heavy atom. The van der Waals surface area contributed by atoms with Gasteiger partial charge < -0.3 is 22.1 Å². The number of hydrogen-bond acceptors (Lipinski definition) is 5. The molecule has 1 aliphatic rings. The van der Waals surface area contributed by atoms with Crippen molar-refractivity contribution in [3.05, 3.63) is 83.9 Å². The van der Waals surface area contributed by atoms with Crippen molar-refractivity contribution >= 4 is 12.2 Å². The second-order valence-electron chi connectivity index (χ2n) is 7.37. The summed E-state index contributed by atoms with van der Waals surface area (Å²) in [4.78, 5) is 21.0. The third kappa shape index (κ3) is 10.2. The zero-order valence-corrected chi connectivity index (χ0v) is 18.9. The fourth-order valence-corrected chi connectivity index (χ4v) is 2.71. The Morgan fingerprint density at radius 2 is 1.59 bits per heavy atom. The van der Waals surface area contributed by atoms with Crippen LogP contribution in [0.1, 0.15) is 46.8 Å². The van der Waals surface area contributed by atoms with E-state index in [1.54, 1.807) is 26.1 Å². The van der Waals surface area contributed by atoms with Gasteiger partial charge in [0.05, 0.1) is 0 Å².